The Morgan fingerprint density at radius 1 is 1.11 bits per heavy atom. The van der Waals surface area contributed by atoms with Crippen LogP contribution < -0.4 is 20.6 Å². The summed E-state index contributed by atoms with van der Waals surface area (Å²) in [5, 5.41) is 0.964. The maximum absolute atomic E-state index is 12.8. The van der Waals surface area contributed by atoms with E-state index in [2.05, 4.69) is 15.0 Å². The number of aromatic amines is 1. The van der Waals surface area contributed by atoms with E-state index in [1.165, 1.54) is 36.5 Å². The monoisotopic (exact) mass is 398 g/mol. The van der Waals surface area contributed by atoms with Crippen LogP contribution in [-0.2, 0) is 13.0 Å². The van der Waals surface area contributed by atoms with Crippen molar-refractivity contribution < 1.29 is 9.47 Å². The summed E-state index contributed by atoms with van der Waals surface area (Å²) in [6.07, 6.45) is 2.34. The molecule has 0 aliphatic heterocycles. The van der Waals surface area contributed by atoms with Crippen molar-refractivity contribution in [2.24, 2.45) is 0 Å². The molecule has 0 aliphatic carbocycles. The van der Waals surface area contributed by atoms with Gasteiger partial charge in [-0.15, -0.1) is 11.3 Å². The van der Waals surface area contributed by atoms with Crippen LogP contribution in [0.15, 0.2) is 34.1 Å². The maximum Gasteiger partial charge on any atom is 0.262 e. The van der Waals surface area contributed by atoms with Crippen LogP contribution in [0.4, 0.5) is 0 Å². The fourth-order valence-electron chi connectivity index (χ4n) is 3.05. The van der Waals surface area contributed by atoms with E-state index in [0.29, 0.717) is 33.6 Å². The van der Waals surface area contributed by atoms with Gasteiger partial charge in [-0.05, 0) is 18.6 Å². The molecule has 0 spiro atoms. The Balaban J connectivity index is 1.79. The standard InChI is InChI=1S/C19H18N4O4S/c1-4-10-5-12-18(28-10)20-9-23(19(12)25)8-16-21-13-7-15(27-3)14(26-2)6-11(13)17(24)22-16/h5-7,9H,4,8H2,1-3H3,(H,21,22,24). The van der Waals surface area contributed by atoms with Gasteiger partial charge in [-0.25, -0.2) is 9.97 Å². The molecule has 0 aliphatic rings. The van der Waals surface area contributed by atoms with Gasteiger partial charge in [0.05, 0.1) is 43.4 Å². The molecule has 0 bridgehead atoms. The van der Waals surface area contributed by atoms with Crippen LogP contribution in [0.1, 0.15) is 17.6 Å². The van der Waals surface area contributed by atoms with Crippen molar-refractivity contribution in [1.29, 1.82) is 0 Å². The molecule has 1 N–H and O–H groups in total. The summed E-state index contributed by atoms with van der Waals surface area (Å²) in [6.45, 7) is 2.15. The van der Waals surface area contributed by atoms with Crippen molar-refractivity contribution in [2.75, 3.05) is 14.2 Å². The maximum atomic E-state index is 12.8. The first-order chi connectivity index (χ1) is 13.5. The molecule has 0 saturated heterocycles. The number of H-pyrrole nitrogens is 1. The average Bonchev–Trinajstić information content (AvgIpc) is 3.13. The van der Waals surface area contributed by atoms with Crippen LogP contribution in [0.2, 0.25) is 0 Å². The highest BCUT2D eigenvalue weighted by Crippen LogP contribution is 2.30. The van der Waals surface area contributed by atoms with E-state index in [1.807, 2.05) is 13.0 Å². The van der Waals surface area contributed by atoms with Gasteiger partial charge in [-0.1, -0.05) is 6.92 Å². The zero-order valence-electron chi connectivity index (χ0n) is 15.6. The Hall–Kier alpha value is -3.20. The number of methoxy groups -OCH3 is 2. The molecule has 0 radical (unpaired) electrons. The first-order valence-corrected chi connectivity index (χ1v) is 9.48. The predicted octanol–water partition coefficient (Wildman–Crippen LogP) is 2.32. The molecule has 4 rings (SSSR count). The molecule has 0 fully saturated rings. The molecule has 144 valence electrons. The molecule has 0 atom stereocenters. The van der Waals surface area contributed by atoms with E-state index in [9.17, 15) is 9.59 Å². The van der Waals surface area contributed by atoms with Crippen molar-refractivity contribution in [2.45, 2.75) is 19.9 Å². The quantitative estimate of drug-likeness (QED) is 0.554. The van der Waals surface area contributed by atoms with Crippen LogP contribution in [0, 0.1) is 0 Å². The number of nitrogens with zero attached hydrogens (tertiary/aromatic N) is 3. The number of ether oxygens (including phenoxy) is 2. The van der Waals surface area contributed by atoms with Crippen LogP contribution >= 0.6 is 11.3 Å². The summed E-state index contributed by atoms with van der Waals surface area (Å²) < 4.78 is 12.0. The molecule has 3 aromatic heterocycles. The molecular formula is C19H18N4O4S. The van der Waals surface area contributed by atoms with Gasteiger partial charge in [-0.3, -0.25) is 14.2 Å². The van der Waals surface area contributed by atoms with Gasteiger partial charge in [0.25, 0.3) is 11.1 Å². The number of hydrogen-bond donors (Lipinski definition) is 1. The average molecular weight is 398 g/mol. The van der Waals surface area contributed by atoms with E-state index in [1.54, 1.807) is 12.1 Å². The van der Waals surface area contributed by atoms with Crippen molar-refractivity contribution in [1.82, 2.24) is 19.5 Å². The van der Waals surface area contributed by atoms with Gasteiger partial charge < -0.3 is 14.5 Å². The summed E-state index contributed by atoms with van der Waals surface area (Å²) in [6, 6.07) is 5.10. The fourth-order valence-corrected chi connectivity index (χ4v) is 3.97. The number of aromatic nitrogens is 4. The lowest BCUT2D eigenvalue weighted by atomic mass is 10.2. The van der Waals surface area contributed by atoms with Gasteiger partial charge in [0.15, 0.2) is 11.5 Å². The van der Waals surface area contributed by atoms with Crippen molar-refractivity contribution in [3.8, 4) is 11.5 Å². The van der Waals surface area contributed by atoms with E-state index in [4.69, 9.17) is 9.47 Å². The van der Waals surface area contributed by atoms with Crippen LogP contribution in [0.3, 0.4) is 0 Å². The Morgan fingerprint density at radius 3 is 2.57 bits per heavy atom. The Labute approximate surface area is 163 Å². The molecule has 3 heterocycles. The number of hydrogen-bond acceptors (Lipinski definition) is 7. The Bertz CT molecular complexity index is 1310. The van der Waals surface area contributed by atoms with Crippen molar-refractivity contribution in [3.05, 3.63) is 55.9 Å². The molecule has 1 aromatic carbocycles. The minimum Gasteiger partial charge on any atom is -0.493 e. The second-order valence-electron chi connectivity index (χ2n) is 6.20. The van der Waals surface area contributed by atoms with E-state index in [-0.39, 0.29) is 17.7 Å². The van der Waals surface area contributed by atoms with Crippen molar-refractivity contribution >= 4 is 32.5 Å². The number of nitrogens with one attached hydrogen (secondary N) is 1. The third kappa shape index (κ3) is 3.03. The van der Waals surface area contributed by atoms with E-state index < -0.39 is 0 Å². The van der Waals surface area contributed by atoms with Gasteiger partial charge >= 0.3 is 0 Å². The number of thiophene rings is 1. The topological polar surface area (TPSA) is 99.1 Å². The molecule has 0 amide bonds. The highest BCUT2D eigenvalue weighted by molar-refractivity contribution is 7.18. The normalized spacial score (nSPS) is 11.2. The van der Waals surface area contributed by atoms with Gasteiger partial charge in [0.2, 0.25) is 0 Å². The lowest BCUT2D eigenvalue weighted by Gasteiger charge is -2.10. The smallest absolute Gasteiger partial charge is 0.262 e. The molecule has 4 aromatic rings. The first-order valence-electron chi connectivity index (χ1n) is 8.66. The third-order valence-corrected chi connectivity index (χ3v) is 5.68. The minimum atomic E-state index is -0.313. The predicted molar refractivity (Wildman–Crippen MR) is 108 cm³/mol. The zero-order chi connectivity index (χ0) is 19.8. The SMILES string of the molecule is CCc1cc2c(=O)n(Cc3nc4cc(OC)c(OC)cc4c(=O)[nH]3)cnc2s1. The number of aryl methyl sites for hydroxylation is 1. The summed E-state index contributed by atoms with van der Waals surface area (Å²) in [5.74, 6) is 1.29. The third-order valence-electron chi connectivity index (χ3n) is 4.50. The summed E-state index contributed by atoms with van der Waals surface area (Å²) in [7, 11) is 3.02. The molecule has 28 heavy (non-hydrogen) atoms. The molecule has 8 nitrogen and oxygen atoms in total. The van der Waals surface area contributed by atoms with Gasteiger partial charge in [-0.2, -0.15) is 0 Å². The summed E-state index contributed by atoms with van der Waals surface area (Å²) in [5.41, 5.74) is -0.00913. The van der Waals surface area contributed by atoms with Gasteiger partial charge in [0, 0.05) is 10.9 Å². The van der Waals surface area contributed by atoms with Gasteiger partial charge in [0.1, 0.15) is 10.7 Å². The Morgan fingerprint density at radius 2 is 1.86 bits per heavy atom. The number of benzene rings is 1. The van der Waals surface area contributed by atoms with Crippen molar-refractivity contribution in [3.63, 3.8) is 0 Å². The minimum absolute atomic E-state index is 0.110. The zero-order valence-corrected chi connectivity index (χ0v) is 16.4. The highest BCUT2D eigenvalue weighted by atomic mass is 32.1. The number of rotatable bonds is 5. The summed E-state index contributed by atoms with van der Waals surface area (Å²) >= 11 is 1.51. The number of fused-ring (bicyclic) bond motifs is 2. The first kappa shape index (κ1) is 18.2. The lowest BCUT2D eigenvalue weighted by molar-refractivity contribution is 0.355. The van der Waals surface area contributed by atoms with E-state index >= 15 is 0 Å². The second-order valence-corrected chi connectivity index (χ2v) is 7.31. The Kier molecular flexibility index (Phi) is 4.60. The van der Waals surface area contributed by atoms with Crippen LogP contribution in [-0.4, -0.2) is 33.7 Å². The second kappa shape index (κ2) is 7.08. The molecule has 0 unspecified atom stereocenters. The fraction of sp³-hybridized carbons (Fsp3) is 0.263. The summed E-state index contributed by atoms with van der Waals surface area (Å²) in [4.78, 5) is 38.7. The molecule has 0 saturated carbocycles. The van der Waals surface area contributed by atoms with Crippen LogP contribution in [0.5, 0.6) is 11.5 Å². The highest BCUT2D eigenvalue weighted by Gasteiger charge is 2.13. The van der Waals surface area contributed by atoms with Crippen LogP contribution in [0.25, 0.3) is 21.1 Å². The lowest BCUT2D eigenvalue weighted by Crippen LogP contribution is -2.23. The largest absolute Gasteiger partial charge is 0.493 e. The molecular weight excluding hydrogens is 380 g/mol. The molecule has 9 heteroatoms. The van der Waals surface area contributed by atoms with E-state index in [0.717, 1.165) is 16.1 Å².